The van der Waals surface area contributed by atoms with E-state index in [1.165, 1.54) is 6.26 Å². The molecule has 4 aliphatic heterocycles. The van der Waals surface area contributed by atoms with E-state index in [0.29, 0.717) is 5.92 Å². The summed E-state index contributed by atoms with van der Waals surface area (Å²) < 4.78 is 36.6. The highest BCUT2D eigenvalue weighted by Gasteiger charge is 2.70. The molecular formula is C16H26O6S. The number of fused-ring (bicyclic) bond motifs is 2. The van der Waals surface area contributed by atoms with Crippen LogP contribution in [0.4, 0.5) is 0 Å². The van der Waals surface area contributed by atoms with Gasteiger partial charge in [-0.1, -0.05) is 13.8 Å². The van der Waals surface area contributed by atoms with Crippen LogP contribution in [0, 0.1) is 23.7 Å². The van der Waals surface area contributed by atoms with E-state index in [9.17, 15) is 8.42 Å². The zero-order valence-electron chi connectivity index (χ0n) is 14.2. The minimum atomic E-state index is -3.33. The molecule has 0 unspecified atom stereocenters. The Morgan fingerprint density at radius 2 is 1.78 bits per heavy atom. The molecule has 0 aromatic heterocycles. The van der Waals surface area contributed by atoms with Crippen molar-refractivity contribution in [2.24, 2.45) is 23.7 Å². The van der Waals surface area contributed by atoms with Crippen molar-refractivity contribution < 1.29 is 27.7 Å². The SMILES string of the molecule is C[C@H]1[C@H](S(C)(=O)=O)O[C@@H]2O[C@@]3(C)CC[C@H]4[C@H](C)CC[C@@H]1[C@@]24OO3. The lowest BCUT2D eigenvalue weighted by Gasteiger charge is -2.60. The lowest BCUT2D eigenvalue weighted by Crippen LogP contribution is -2.70. The Morgan fingerprint density at radius 3 is 2.48 bits per heavy atom. The van der Waals surface area contributed by atoms with Crippen molar-refractivity contribution in [3.05, 3.63) is 0 Å². The molecule has 0 aromatic carbocycles. The zero-order valence-corrected chi connectivity index (χ0v) is 15.0. The van der Waals surface area contributed by atoms with Gasteiger partial charge in [0.15, 0.2) is 27.2 Å². The van der Waals surface area contributed by atoms with Crippen molar-refractivity contribution >= 4 is 9.84 Å². The monoisotopic (exact) mass is 346 g/mol. The van der Waals surface area contributed by atoms with E-state index in [1.807, 2.05) is 13.8 Å². The summed E-state index contributed by atoms with van der Waals surface area (Å²) in [6.07, 6.45) is 4.22. The summed E-state index contributed by atoms with van der Waals surface area (Å²) in [6.45, 7) is 6.04. The van der Waals surface area contributed by atoms with E-state index in [4.69, 9.17) is 19.2 Å². The van der Waals surface area contributed by atoms with Crippen LogP contribution in [0.3, 0.4) is 0 Å². The molecule has 1 saturated carbocycles. The summed E-state index contributed by atoms with van der Waals surface area (Å²) in [4.78, 5) is 11.7. The molecule has 5 aliphatic rings. The largest absolute Gasteiger partial charge is 0.330 e. The Morgan fingerprint density at radius 1 is 1.04 bits per heavy atom. The van der Waals surface area contributed by atoms with Gasteiger partial charge in [0.1, 0.15) is 0 Å². The van der Waals surface area contributed by atoms with Gasteiger partial charge in [0.2, 0.25) is 5.79 Å². The van der Waals surface area contributed by atoms with E-state index in [0.717, 1.165) is 25.7 Å². The number of rotatable bonds is 1. The first-order valence-electron chi connectivity index (χ1n) is 8.56. The van der Waals surface area contributed by atoms with Gasteiger partial charge in [0, 0.05) is 24.5 Å². The number of hydrogen-bond acceptors (Lipinski definition) is 6. The van der Waals surface area contributed by atoms with Crippen LogP contribution in [0.1, 0.15) is 46.5 Å². The maximum absolute atomic E-state index is 12.2. The third-order valence-corrected chi connectivity index (χ3v) is 7.90. The molecule has 5 rings (SSSR count). The van der Waals surface area contributed by atoms with Crippen LogP contribution in [0.2, 0.25) is 0 Å². The van der Waals surface area contributed by atoms with Crippen molar-refractivity contribution in [3.8, 4) is 0 Å². The zero-order chi connectivity index (χ0) is 16.6. The van der Waals surface area contributed by atoms with Gasteiger partial charge in [-0.2, -0.15) is 0 Å². The molecule has 2 bridgehead atoms. The van der Waals surface area contributed by atoms with Gasteiger partial charge in [-0.25, -0.2) is 18.2 Å². The van der Waals surface area contributed by atoms with E-state index in [2.05, 4.69) is 6.92 Å². The summed E-state index contributed by atoms with van der Waals surface area (Å²) in [5, 5.41) is 0. The molecule has 0 aromatic rings. The van der Waals surface area contributed by atoms with Gasteiger partial charge in [-0.05, 0) is 38.0 Å². The first kappa shape index (κ1) is 16.3. The molecule has 0 N–H and O–H groups in total. The topological polar surface area (TPSA) is 71.1 Å². The van der Waals surface area contributed by atoms with Crippen molar-refractivity contribution in [1.82, 2.24) is 0 Å². The average molecular weight is 346 g/mol. The molecule has 4 saturated heterocycles. The second-order valence-corrected chi connectivity index (χ2v) is 10.2. The van der Waals surface area contributed by atoms with Crippen LogP contribution in [-0.4, -0.2) is 37.8 Å². The first-order chi connectivity index (χ1) is 10.7. The molecule has 5 fully saturated rings. The summed E-state index contributed by atoms with van der Waals surface area (Å²) in [7, 11) is -3.33. The van der Waals surface area contributed by atoms with Crippen LogP contribution in [0.15, 0.2) is 0 Å². The summed E-state index contributed by atoms with van der Waals surface area (Å²) >= 11 is 0. The molecule has 132 valence electrons. The van der Waals surface area contributed by atoms with Crippen LogP contribution in [0.25, 0.3) is 0 Å². The van der Waals surface area contributed by atoms with Gasteiger partial charge < -0.3 is 9.47 Å². The molecule has 0 radical (unpaired) electrons. The highest BCUT2D eigenvalue weighted by molar-refractivity contribution is 7.91. The summed E-state index contributed by atoms with van der Waals surface area (Å²) in [5.74, 6) is -0.207. The van der Waals surface area contributed by atoms with Gasteiger partial charge >= 0.3 is 0 Å². The van der Waals surface area contributed by atoms with Gasteiger partial charge in [0.05, 0.1) is 0 Å². The Labute approximate surface area is 137 Å². The number of sulfone groups is 1. The fraction of sp³-hybridized carbons (Fsp3) is 1.00. The first-order valence-corrected chi connectivity index (χ1v) is 10.5. The lowest BCUT2D eigenvalue weighted by molar-refractivity contribution is -0.568. The highest BCUT2D eigenvalue weighted by Crippen LogP contribution is 2.60. The Balaban J connectivity index is 1.82. The van der Waals surface area contributed by atoms with Crippen LogP contribution in [-0.2, 0) is 29.1 Å². The predicted molar refractivity (Wildman–Crippen MR) is 81.7 cm³/mol. The molecule has 0 amide bonds. The Bertz CT molecular complexity index is 606. The molecule has 1 spiro atoms. The fourth-order valence-corrected chi connectivity index (χ4v) is 6.63. The predicted octanol–water partition coefficient (Wildman–Crippen LogP) is 2.24. The van der Waals surface area contributed by atoms with Crippen molar-refractivity contribution in [1.29, 1.82) is 0 Å². The highest BCUT2D eigenvalue weighted by atomic mass is 32.2. The molecule has 8 atom stereocenters. The van der Waals surface area contributed by atoms with E-state index in [-0.39, 0.29) is 17.8 Å². The second-order valence-electron chi connectivity index (χ2n) is 8.10. The molecule has 7 heteroatoms. The quantitative estimate of drug-likeness (QED) is 0.678. The molecule has 1 aliphatic carbocycles. The maximum Gasteiger partial charge on any atom is 0.201 e. The summed E-state index contributed by atoms with van der Waals surface area (Å²) in [6, 6.07) is 0. The average Bonchev–Trinajstić information content (AvgIpc) is 2.68. The summed E-state index contributed by atoms with van der Waals surface area (Å²) in [5.41, 5.74) is -1.53. The van der Waals surface area contributed by atoms with E-state index in [1.54, 1.807) is 0 Å². The Kier molecular flexibility index (Phi) is 3.47. The minimum Gasteiger partial charge on any atom is -0.330 e. The van der Waals surface area contributed by atoms with Crippen LogP contribution in [0.5, 0.6) is 0 Å². The minimum absolute atomic E-state index is 0.0600. The Hall–Kier alpha value is -0.210. The fourth-order valence-electron chi connectivity index (χ4n) is 5.36. The van der Waals surface area contributed by atoms with E-state index >= 15 is 0 Å². The lowest BCUT2D eigenvalue weighted by atomic mass is 9.58. The van der Waals surface area contributed by atoms with Crippen molar-refractivity contribution in [2.75, 3.05) is 6.26 Å². The second kappa shape index (κ2) is 4.91. The molecule has 4 heterocycles. The molecule has 6 nitrogen and oxygen atoms in total. The third-order valence-electron chi connectivity index (χ3n) is 6.52. The normalized spacial score (nSPS) is 56.0. The molecule has 23 heavy (non-hydrogen) atoms. The molecular weight excluding hydrogens is 320 g/mol. The standard InChI is InChI=1S/C16H26O6S/c1-9-5-6-12-10(2)13(23(4,17)18)19-14-16(12)11(9)7-8-15(3,20-14)21-22-16/h9-14H,5-8H2,1-4H3/t9-,10-,11+,12+,13+,14-,15-,16-/m1/s1. The van der Waals surface area contributed by atoms with E-state index < -0.39 is 33.0 Å². The van der Waals surface area contributed by atoms with Crippen molar-refractivity contribution in [3.63, 3.8) is 0 Å². The maximum atomic E-state index is 12.2. The van der Waals surface area contributed by atoms with Crippen LogP contribution >= 0.6 is 0 Å². The smallest absolute Gasteiger partial charge is 0.201 e. The van der Waals surface area contributed by atoms with Gasteiger partial charge in [-0.15, -0.1) is 0 Å². The van der Waals surface area contributed by atoms with Crippen LogP contribution < -0.4 is 0 Å². The number of ether oxygens (including phenoxy) is 2. The number of hydrogen-bond donors (Lipinski definition) is 0. The van der Waals surface area contributed by atoms with Crippen molar-refractivity contribution in [2.45, 2.75) is 69.6 Å². The third kappa shape index (κ3) is 2.16. The van der Waals surface area contributed by atoms with Gasteiger partial charge in [-0.3, -0.25) is 0 Å². The van der Waals surface area contributed by atoms with Gasteiger partial charge in [0.25, 0.3) is 0 Å².